The Bertz CT molecular complexity index is 568. The molecule has 22 heavy (non-hydrogen) atoms. The smallest absolute Gasteiger partial charge is 0.269 e. The summed E-state index contributed by atoms with van der Waals surface area (Å²) in [6.07, 6.45) is 2.49. The Labute approximate surface area is 140 Å². The van der Waals surface area contributed by atoms with Gasteiger partial charge in [-0.1, -0.05) is 17.3 Å². The van der Waals surface area contributed by atoms with Gasteiger partial charge in [-0.2, -0.15) is 25.3 Å². The van der Waals surface area contributed by atoms with E-state index in [9.17, 15) is 9.18 Å². The predicted octanol–water partition coefficient (Wildman–Crippen LogP) is 2.46. The maximum absolute atomic E-state index is 13.2. The minimum atomic E-state index is -0.435. The van der Waals surface area contributed by atoms with Crippen LogP contribution in [-0.2, 0) is 11.2 Å². The van der Waals surface area contributed by atoms with Crippen LogP contribution in [0.5, 0.6) is 0 Å². The third kappa shape index (κ3) is 4.64. The zero-order valence-corrected chi connectivity index (χ0v) is 13.7. The minimum Gasteiger partial charge on any atom is -0.410 e. The Morgan fingerprint density at radius 2 is 2.14 bits per heavy atom. The van der Waals surface area contributed by atoms with Crippen molar-refractivity contribution in [3.8, 4) is 0 Å². The Balaban J connectivity index is 1.95. The molecule has 3 unspecified atom stereocenters. The van der Waals surface area contributed by atoms with Crippen LogP contribution in [0.3, 0.4) is 0 Å². The molecule has 1 fully saturated rings. The predicted molar refractivity (Wildman–Crippen MR) is 90.7 cm³/mol. The second-order valence-corrected chi connectivity index (χ2v) is 6.80. The summed E-state index contributed by atoms with van der Waals surface area (Å²) in [5.41, 5.74) is 0.545. The monoisotopic (exact) mass is 342 g/mol. The van der Waals surface area contributed by atoms with Crippen LogP contribution in [0.4, 0.5) is 4.39 Å². The van der Waals surface area contributed by atoms with E-state index in [4.69, 9.17) is 5.21 Å². The van der Waals surface area contributed by atoms with Crippen LogP contribution in [0.15, 0.2) is 29.4 Å². The molecule has 3 atom stereocenters. The molecule has 0 aromatic heterocycles. The van der Waals surface area contributed by atoms with E-state index in [1.165, 1.54) is 12.1 Å². The molecule has 7 heteroatoms. The maximum Gasteiger partial charge on any atom is 0.269 e. The van der Waals surface area contributed by atoms with Gasteiger partial charge in [-0.3, -0.25) is 4.79 Å². The molecule has 2 rings (SSSR count). The molecular weight excluding hydrogens is 323 g/mol. The SMILES string of the molecule is O=C(NC1CCC(S)C(S)C1)/C(Cc1cccc(F)c1)=N/O. The van der Waals surface area contributed by atoms with Crippen LogP contribution >= 0.6 is 25.3 Å². The number of nitrogens with one attached hydrogen (secondary N) is 1. The molecule has 1 aliphatic carbocycles. The first-order valence-electron chi connectivity index (χ1n) is 7.12. The summed E-state index contributed by atoms with van der Waals surface area (Å²) in [5, 5.41) is 15.3. The van der Waals surface area contributed by atoms with Crippen molar-refractivity contribution in [3.05, 3.63) is 35.6 Å². The molecule has 2 N–H and O–H groups in total. The van der Waals surface area contributed by atoms with Crippen molar-refractivity contribution in [2.45, 2.75) is 42.2 Å². The van der Waals surface area contributed by atoms with Gasteiger partial charge in [0, 0.05) is 23.0 Å². The number of carbonyl (C=O) groups excluding carboxylic acids is 1. The number of thiol groups is 2. The lowest BCUT2D eigenvalue weighted by molar-refractivity contribution is -0.115. The van der Waals surface area contributed by atoms with E-state index >= 15 is 0 Å². The molecule has 1 saturated carbocycles. The molecule has 1 aliphatic rings. The number of oxime groups is 1. The van der Waals surface area contributed by atoms with E-state index in [0.29, 0.717) is 5.56 Å². The second kappa shape index (κ2) is 7.87. The first-order valence-corrected chi connectivity index (χ1v) is 8.15. The molecule has 0 heterocycles. The summed E-state index contributed by atoms with van der Waals surface area (Å²) >= 11 is 8.89. The quantitative estimate of drug-likeness (QED) is 0.294. The zero-order chi connectivity index (χ0) is 16.1. The van der Waals surface area contributed by atoms with E-state index in [-0.39, 0.29) is 34.5 Å². The fourth-order valence-electron chi connectivity index (χ4n) is 2.53. The van der Waals surface area contributed by atoms with Crippen molar-refractivity contribution >= 4 is 36.9 Å². The topological polar surface area (TPSA) is 61.7 Å². The van der Waals surface area contributed by atoms with Crippen LogP contribution in [-0.4, -0.2) is 33.4 Å². The number of hydrogen-bond acceptors (Lipinski definition) is 5. The summed E-state index contributed by atoms with van der Waals surface area (Å²) in [6, 6.07) is 5.85. The standard InChI is InChI=1S/C15H19FN2O2S2/c16-10-3-1-2-9(6-10)7-12(18-20)15(19)17-11-4-5-13(21)14(22)8-11/h1-3,6,11,13-14,20-22H,4-5,7-8H2,(H,17,19)/b18-12+. The molecule has 0 saturated heterocycles. The van der Waals surface area contributed by atoms with Gasteiger partial charge in [-0.05, 0) is 37.0 Å². The Hall–Kier alpha value is -1.21. The van der Waals surface area contributed by atoms with Crippen molar-refractivity contribution in [3.63, 3.8) is 0 Å². The van der Waals surface area contributed by atoms with Gasteiger partial charge in [-0.15, -0.1) is 0 Å². The lowest BCUT2D eigenvalue weighted by Crippen LogP contribution is -2.44. The van der Waals surface area contributed by atoms with Gasteiger partial charge in [-0.25, -0.2) is 4.39 Å². The highest BCUT2D eigenvalue weighted by atomic mass is 32.1. The highest BCUT2D eigenvalue weighted by Gasteiger charge is 2.28. The molecule has 0 spiro atoms. The van der Waals surface area contributed by atoms with Gasteiger partial charge in [0.15, 0.2) is 0 Å². The fourth-order valence-corrected chi connectivity index (χ4v) is 3.21. The van der Waals surface area contributed by atoms with Crippen LogP contribution in [0.2, 0.25) is 0 Å². The highest BCUT2D eigenvalue weighted by molar-refractivity contribution is 7.85. The maximum atomic E-state index is 13.2. The molecule has 1 amide bonds. The number of nitrogens with zero attached hydrogens (tertiary/aromatic N) is 1. The van der Waals surface area contributed by atoms with Gasteiger partial charge >= 0.3 is 0 Å². The summed E-state index contributed by atoms with van der Waals surface area (Å²) < 4.78 is 13.2. The molecule has 1 aromatic carbocycles. The van der Waals surface area contributed by atoms with E-state index in [2.05, 4.69) is 35.7 Å². The van der Waals surface area contributed by atoms with Gasteiger partial charge in [0.1, 0.15) is 11.5 Å². The third-order valence-electron chi connectivity index (χ3n) is 3.76. The molecule has 4 nitrogen and oxygen atoms in total. The number of benzene rings is 1. The van der Waals surface area contributed by atoms with Gasteiger partial charge < -0.3 is 10.5 Å². The summed E-state index contributed by atoms with van der Waals surface area (Å²) in [4.78, 5) is 12.2. The molecule has 0 aliphatic heterocycles. The lowest BCUT2D eigenvalue weighted by Gasteiger charge is -2.31. The average Bonchev–Trinajstić information content (AvgIpc) is 2.48. The number of carbonyl (C=O) groups is 1. The van der Waals surface area contributed by atoms with Crippen molar-refractivity contribution < 1.29 is 14.4 Å². The van der Waals surface area contributed by atoms with Crippen molar-refractivity contribution in [1.82, 2.24) is 5.32 Å². The Morgan fingerprint density at radius 1 is 1.36 bits per heavy atom. The third-order valence-corrected chi connectivity index (χ3v) is 5.18. The minimum absolute atomic E-state index is 0.0114. The van der Waals surface area contributed by atoms with Gasteiger partial charge in [0.2, 0.25) is 0 Å². The summed E-state index contributed by atoms with van der Waals surface area (Å²) in [6.45, 7) is 0. The van der Waals surface area contributed by atoms with E-state index in [1.807, 2.05) is 0 Å². The molecular formula is C15H19FN2O2S2. The normalized spacial score (nSPS) is 25.8. The van der Waals surface area contributed by atoms with E-state index < -0.39 is 5.91 Å². The van der Waals surface area contributed by atoms with Crippen LogP contribution in [0, 0.1) is 5.82 Å². The summed E-state index contributed by atoms with van der Waals surface area (Å²) in [5.74, 6) is -0.824. The first-order chi connectivity index (χ1) is 10.5. The molecule has 0 radical (unpaired) electrons. The fraction of sp³-hybridized carbons (Fsp3) is 0.467. The molecule has 0 bridgehead atoms. The van der Waals surface area contributed by atoms with Gasteiger partial charge in [0.25, 0.3) is 5.91 Å². The molecule has 120 valence electrons. The van der Waals surface area contributed by atoms with Crippen LogP contribution < -0.4 is 5.32 Å². The first kappa shape index (κ1) is 17.1. The number of hydrogen-bond donors (Lipinski definition) is 4. The Morgan fingerprint density at radius 3 is 2.77 bits per heavy atom. The lowest BCUT2D eigenvalue weighted by atomic mass is 9.94. The number of rotatable bonds is 4. The van der Waals surface area contributed by atoms with Crippen molar-refractivity contribution in [2.75, 3.05) is 0 Å². The van der Waals surface area contributed by atoms with Gasteiger partial charge in [0.05, 0.1) is 0 Å². The number of amides is 1. The van der Waals surface area contributed by atoms with E-state index in [1.54, 1.807) is 12.1 Å². The Kier molecular flexibility index (Phi) is 6.14. The second-order valence-electron chi connectivity index (χ2n) is 5.47. The zero-order valence-electron chi connectivity index (χ0n) is 11.9. The van der Waals surface area contributed by atoms with Crippen molar-refractivity contribution in [1.29, 1.82) is 0 Å². The average molecular weight is 342 g/mol. The summed E-state index contributed by atoms with van der Waals surface area (Å²) in [7, 11) is 0. The molecule has 1 aromatic rings. The van der Waals surface area contributed by atoms with E-state index in [0.717, 1.165) is 19.3 Å². The highest BCUT2D eigenvalue weighted by Crippen LogP contribution is 2.27. The number of halogens is 1. The van der Waals surface area contributed by atoms with Crippen LogP contribution in [0.25, 0.3) is 0 Å². The van der Waals surface area contributed by atoms with Crippen LogP contribution in [0.1, 0.15) is 24.8 Å². The largest absolute Gasteiger partial charge is 0.410 e. The van der Waals surface area contributed by atoms with Crippen molar-refractivity contribution in [2.24, 2.45) is 5.16 Å².